The molecule has 0 saturated carbocycles. The van der Waals surface area contributed by atoms with Crippen molar-refractivity contribution in [2.45, 2.75) is 33.9 Å². The summed E-state index contributed by atoms with van der Waals surface area (Å²) in [5, 5.41) is 0. The molecule has 70 valence electrons. The van der Waals surface area contributed by atoms with Crippen molar-refractivity contribution in [2.75, 3.05) is 13.2 Å². The van der Waals surface area contributed by atoms with Crippen LogP contribution in [-0.2, 0) is 9.53 Å². The van der Waals surface area contributed by atoms with Crippen molar-refractivity contribution < 1.29 is 9.53 Å². The first-order valence-electron chi connectivity index (χ1n) is 4.35. The van der Waals surface area contributed by atoms with Crippen molar-refractivity contribution in [1.29, 1.82) is 0 Å². The van der Waals surface area contributed by atoms with Crippen molar-refractivity contribution in [1.82, 2.24) is 4.90 Å². The van der Waals surface area contributed by atoms with Crippen LogP contribution in [0.5, 0.6) is 0 Å². The third-order valence-electron chi connectivity index (χ3n) is 2.03. The zero-order valence-corrected chi connectivity index (χ0v) is 8.26. The second-order valence-corrected chi connectivity index (χ2v) is 4.22. The van der Waals surface area contributed by atoms with Crippen LogP contribution < -0.4 is 0 Å². The van der Waals surface area contributed by atoms with Gasteiger partial charge in [0.15, 0.2) is 0 Å². The molecule has 0 spiro atoms. The van der Waals surface area contributed by atoms with Crippen LogP contribution >= 0.6 is 0 Å². The number of ether oxygens (including phenoxy) is 1. The van der Waals surface area contributed by atoms with Crippen molar-refractivity contribution >= 4 is 5.91 Å². The van der Waals surface area contributed by atoms with Gasteiger partial charge in [-0.1, -0.05) is 20.8 Å². The zero-order chi connectivity index (χ0) is 9.35. The average Bonchev–Trinajstić information content (AvgIpc) is 2.31. The molecular formula is C9H17NO2. The van der Waals surface area contributed by atoms with Crippen LogP contribution in [0.2, 0.25) is 0 Å². The van der Waals surface area contributed by atoms with Gasteiger partial charge >= 0.3 is 0 Å². The molecule has 1 aliphatic heterocycles. The molecule has 1 atom stereocenters. The minimum absolute atomic E-state index is 0.0447. The van der Waals surface area contributed by atoms with Crippen LogP contribution in [0.25, 0.3) is 0 Å². The third kappa shape index (κ3) is 1.78. The summed E-state index contributed by atoms with van der Waals surface area (Å²) in [6, 6.07) is 0. The quantitative estimate of drug-likeness (QED) is 0.548. The Labute approximate surface area is 73.7 Å². The number of carbonyl (C=O) groups is 1. The van der Waals surface area contributed by atoms with Gasteiger partial charge in [-0.05, 0) is 6.92 Å². The van der Waals surface area contributed by atoms with E-state index in [0.717, 1.165) is 6.54 Å². The molecule has 0 radical (unpaired) electrons. The molecule has 1 heterocycles. The summed E-state index contributed by atoms with van der Waals surface area (Å²) < 4.78 is 5.29. The van der Waals surface area contributed by atoms with Gasteiger partial charge in [-0.3, -0.25) is 4.79 Å². The van der Waals surface area contributed by atoms with E-state index in [4.69, 9.17) is 4.74 Å². The zero-order valence-electron chi connectivity index (χ0n) is 8.26. The molecule has 1 unspecified atom stereocenters. The standard InChI is InChI=1S/C9H17NO2/c1-7-10(5-6-12-7)8(11)9(2,3)4/h7H,5-6H2,1-4H3. The molecule has 1 rings (SSSR count). The molecule has 1 fully saturated rings. The Kier molecular flexibility index (Phi) is 2.42. The number of rotatable bonds is 0. The minimum atomic E-state index is -0.290. The van der Waals surface area contributed by atoms with Gasteiger partial charge in [-0.25, -0.2) is 0 Å². The van der Waals surface area contributed by atoms with Gasteiger partial charge in [-0.15, -0.1) is 0 Å². The maximum atomic E-state index is 11.7. The number of carbonyl (C=O) groups excluding carboxylic acids is 1. The lowest BCUT2D eigenvalue weighted by atomic mass is 9.95. The van der Waals surface area contributed by atoms with E-state index in [9.17, 15) is 4.79 Å². The Morgan fingerprint density at radius 3 is 2.42 bits per heavy atom. The summed E-state index contributed by atoms with van der Waals surface area (Å²) in [6.45, 7) is 9.11. The molecule has 0 aliphatic carbocycles. The molecular weight excluding hydrogens is 154 g/mol. The van der Waals surface area contributed by atoms with E-state index in [1.54, 1.807) is 4.90 Å². The maximum Gasteiger partial charge on any atom is 0.230 e. The first-order chi connectivity index (χ1) is 5.43. The van der Waals surface area contributed by atoms with Crippen molar-refractivity contribution in [3.63, 3.8) is 0 Å². The highest BCUT2D eigenvalue weighted by Crippen LogP contribution is 2.21. The van der Waals surface area contributed by atoms with Gasteiger partial charge in [0, 0.05) is 12.0 Å². The summed E-state index contributed by atoms with van der Waals surface area (Å²) in [6.07, 6.45) is -0.0447. The average molecular weight is 171 g/mol. The predicted molar refractivity (Wildman–Crippen MR) is 46.6 cm³/mol. The van der Waals surface area contributed by atoms with E-state index in [1.807, 2.05) is 27.7 Å². The SMILES string of the molecule is CC1OCCN1C(=O)C(C)(C)C. The highest BCUT2D eigenvalue weighted by atomic mass is 16.5. The Balaban J connectivity index is 2.64. The molecule has 12 heavy (non-hydrogen) atoms. The lowest BCUT2D eigenvalue weighted by Crippen LogP contribution is -2.41. The molecule has 0 aromatic rings. The monoisotopic (exact) mass is 171 g/mol. The fourth-order valence-electron chi connectivity index (χ4n) is 1.29. The lowest BCUT2D eigenvalue weighted by molar-refractivity contribution is -0.143. The predicted octanol–water partition coefficient (Wildman–Crippen LogP) is 1.24. The van der Waals surface area contributed by atoms with Gasteiger partial charge in [0.05, 0.1) is 6.61 Å². The minimum Gasteiger partial charge on any atom is -0.357 e. The van der Waals surface area contributed by atoms with E-state index in [-0.39, 0.29) is 17.6 Å². The molecule has 1 saturated heterocycles. The highest BCUT2D eigenvalue weighted by molar-refractivity contribution is 5.81. The summed E-state index contributed by atoms with van der Waals surface area (Å²) in [5.41, 5.74) is -0.290. The van der Waals surface area contributed by atoms with E-state index in [1.165, 1.54) is 0 Å². The fourth-order valence-corrected chi connectivity index (χ4v) is 1.29. The third-order valence-corrected chi connectivity index (χ3v) is 2.03. The topological polar surface area (TPSA) is 29.5 Å². The first-order valence-corrected chi connectivity index (χ1v) is 4.35. The fraction of sp³-hybridized carbons (Fsp3) is 0.889. The molecule has 0 aromatic carbocycles. The molecule has 1 aliphatic rings. The molecule has 0 N–H and O–H groups in total. The number of nitrogens with zero attached hydrogens (tertiary/aromatic N) is 1. The van der Waals surface area contributed by atoms with E-state index < -0.39 is 0 Å². The van der Waals surface area contributed by atoms with Crippen molar-refractivity contribution in [2.24, 2.45) is 5.41 Å². The molecule has 1 amide bonds. The first kappa shape index (κ1) is 9.52. The van der Waals surface area contributed by atoms with Gasteiger partial charge in [0.25, 0.3) is 0 Å². The van der Waals surface area contributed by atoms with Crippen LogP contribution in [0, 0.1) is 5.41 Å². The molecule has 0 bridgehead atoms. The van der Waals surface area contributed by atoms with Crippen LogP contribution in [0.1, 0.15) is 27.7 Å². The van der Waals surface area contributed by atoms with Gasteiger partial charge < -0.3 is 9.64 Å². The second-order valence-electron chi connectivity index (χ2n) is 4.22. The van der Waals surface area contributed by atoms with E-state index in [0.29, 0.717) is 6.61 Å². The Morgan fingerprint density at radius 2 is 2.08 bits per heavy atom. The summed E-state index contributed by atoms with van der Waals surface area (Å²) in [4.78, 5) is 13.5. The van der Waals surface area contributed by atoms with Gasteiger partial charge in [0.1, 0.15) is 6.23 Å². The normalized spacial score (nSPS) is 24.7. The number of hydrogen-bond acceptors (Lipinski definition) is 2. The van der Waals surface area contributed by atoms with Gasteiger partial charge in [-0.2, -0.15) is 0 Å². The highest BCUT2D eigenvalue weighted by Gasteiger charge is 2.33. The Bertz CT molecular complexity index is 183. The van der Waals surface area contributed by atoms with Crippen LogP contribution in [0.4, 0.5) is 0 Å². The molecule has 0 aromatic heterocycles. The van der Waals surface area contributed by atoms with Crippen molar-refractivity contribution in [3.8, 4) is 0 Å². The smallest absolute Gasteiger partial charge is 0.230 e. The number of amides is 1. The Hall–Kier alpha value is -0.570. The molecule has 3 heteroatoms. The van der Waals surface area contributed by atoms with Crippen LogP contribution in [0.15, 0.2) is 0 Å². The van der Waals surface area contributed by atoms with Gasteiger partial charge in [0.2, 0.25) is 5.91 Å². The molecule has 3 nitrogen and oxygen atoms in total. The van der Waals surface area contributed by atoms with Crippen LogP contribution in [0.3, 0.4) is 0 Å². The lowest BCUT2D eigenvalue weighted by Gasteiger charge is -2.27. The van der Waals surface area contributed by atoms with Crippen LogP contribution in [-0.4, -0.2) is 30.2 Å². The second kappa shape index (κ2) is 3.05. The number of hydrogen-bond donors (Lipinski definition) is 0. The largest absolute Gasteiger partial charge is 0.357 e. The Morgan fingerprint density at radius 1 is 1.50 bits per heavy atom. The van der Waals surface area contributed by atoms with E-state index >= 15 is 0 Å². The maximum absolute atomic E-state index is 11.7. The summed E-state index contributed by atoms with van der Waals surface area (Å²) in [5.74, 6) is 0.174. The summed E-state index contributed by atoms with van der Waals surface area (Å²) in [7, 11) is 0. The van der Waals surface area contributed by atoms with E-state index in [2.05, 4.69) is 0 Å². The summed E-state index contributed by atoms with van der Waals surface area (Å²) >= 11 is 0. The van der Waals surface area contributed by atoms with Crippen molar-refractivity contribution in [3.05, 3.63) is 0 Å².